The van der Waals surface area contributed by atoms with Gasteiger partial charge in [-0.05, 0) is 32.0 Å². The lowest BCUT2D eigenvalue weighted by atomic mass is 10.0. The molecule has 6 nitrogen and oxygen atoms in total. The van der Waals surface area contributed by atoms with Gasteiger partial charge in [0.05, 0.1) is 0 Å². The highest BCUT2D eigenvalue weighted by Crippen LogP contribution is 2.20. The van der Waals surface area contributed by atoms with Gasteiger partial charge >= 0.3 is 0 Å². The molecule has 0 aromatic carbocycles. The molecule has 1 aromatic rings. The Labute approximate surface area is 126 Å². The van der Waals surface area contributed by atoms with Crippen LogP contribution < -0.4 is 10.2 Å². The van der Waals surface area contributed by atoms with E-state index >= 15 is 0 Å². The molecule has 1 aliphatic heterocycles. The minimum Gasteiger partial charge on any atom is -0.353 e. The molecular formula is C15H25N5O. The average molecular weight is 291 g/mol. The first-order valence-electron chi connectivity index (χ1n) is 7.57. The van der Waals surface area contributed by atoms with Crippen LogP contribution in [0, 0.1) is 5.92 Å². The second kappa shape index (κ2) is 7.36. The van der Waals surface area contributed by atoms with Gasteiger partial charge in [-0.1, -0.05) is 6.92 Å². The average Bonchev–Trinajstić information content (AvgIpc) is 2.54. The van der Waals surface area contributed by atoms with Gasteiger partial charge in [-0.25, -0.2) is 0 Å². The van der Waals surface area contributed by atoms with Gasteiger partial charge in [-0.15, -0.1) is 5.10 Å². The van der Waals surface area contributed by atoms with E-state index in [0.29, 0.717) is 6.54 Å². The van der Waals surface area contributed by atoms with E-state index in [-0.39, 0.29) is 17.9 Å². The number of carbonyl (C=O) groups excluding carboxylic acids is 1. The van der Waals surface area contributed by atoms with Gasteiger partial charge in [0.25, 0.3) is 0 Å². The van der Waals surface area contributed by atoms with Crippen LogP contribution in [0.25, 0.3) is 0 Å². The standard InChI is InChI=1S/C15H25N5O/c1-12(10-16-2)15(21)19(3)13-6-5-9-20(11-13)14-7-4-8-17-18-14/h4,7-8,12-13,16H,5-6,9-11H2,1-3H3. The Kier molecular flexibility index (Phi) is 5.50. The number of nitrogens with zero attached hydrogens (tertiary/aromatic N) is 4. The van der Waals surface area contributed by atoms with Crippen molar-refractivity contribution in [3.8, 4) is 0 Å². The summed E-state index contributed by atoms with van der Waals surface area (Å²) in [4.78, 5) is 16.5. The highest BCUT2D eigenvalue weighted by molar-refractivity contribution is 5.78. The summed E-state index contributed by atoms with van der Waals surface area (Å²) in [5, 5.41) is 11.2. The fourth-order valence-electron chi connectivity index (χ4n) is 2.86. The molecule has 0 bridgehead atoms. The predicted octanol–water partition coefficient (Wildman–Crippen LogP) is 0.759. The lowest BCUT2D eigenvalue weighted by Crippen LogP contribution is -2.50. The van der Waals surface area contributed by atoms with E-state index in [4.69, 9.17) is 0 Å². The maximum absolute atomic E-state index is 12.4. The van der Waals surface area contributed by atoms with E-state index in [1.807, 2.05) is 38.1 Å². The molecule has 21 heavy (non-hydrogen) atoms. The van der Waals surface area contributed by atoms with Crippen molar-refractivity contribution in [2.75, 3.05) is 38.6 Å². The van der Waals surface area contributed by atoms with Crippen molar-refractivity contribution in [2.45, 2.75) is 25.8 Å². The molecule has 1 saturated heterocycles. The lowest BCUT2D eigenvalue weighted by Gasteiger charge is -2.38. The van der Waals surface area contributed by atoms with Crippen LogP contribution in [0.2, 0.25) is 0 Å². The summed E-state index contributed by atoms with van der Waals surface area (Å²) >= 11 is 0. The number of piperidine rings is 1. The van der Waals surface area contributed by atoms with Gasteiger partial charge in [0, 0.05) is 44.8 Å². The summed E-state index contributed by atoms with van der Waals surface area (Å²) in [6.45, 7) is 4.48. The molecule has 116 valence electrons. The number of rotatable bonds is 5. The molecule has 1 aromatic heterocycles. The topological polar surface area (TPSA) is 61.4 Å². The fraction of sp³-hybridized carbons (Fsp3) is 0.667. The van der Waals surface area contributed by atoms with Crippen molar-refractivity contribution in [3.63, 3.8) is 0 Å². The lowest BCUT2D eigenvalue weighted by molar-refractivity contribution is -0.135. The minimum absolute atomic E-state index is 0.00638. The molecule has 0 radical (unpaired) electrons. The highest BCUT2D eigenvalue weighted by Gasteiger charge is 2.28. The van der Waals surface area contributed by atoms with E-state index in [9.17, 15) is 4.79 Å². The first-order chi connectivity index (χ1) is 10.1. The molecule has 1 amide bonds. The van der Waals surface area contributed by atoms with Gasteiger partial charge in [0.1, 0.15) is 0 Å². The SMILES string of the molecule is CNCC(C)C(=O)N(C)C1CCCN(c2cccnn2)C1. The molecule has 0 spiro atoms. The quantitative estimate of drug-likeness (QED) is 0.868. The van der Waals surface area contributed by atoms with Crippen molar-refractivity contribution < 1.29 is 4.79 Å². The van der Waals surface area contributed by atoms with Crippen LogP contribution >= 0.6 is 0 Å². The van der Waals surface area contributed by atoms with Crippen molar-refractivity contribution in [3.05, 3.63) is 18.3 Å². The van der Waals surface area contributed by atoms with Crippen molar-refractivity contribution in [1.29, 1.82) is 0 Å². The molecule has 2 atom stereocenters. The summed E-state index contributed by atoms with van der Waals surface area (Å²) in [7, 11) is 3.79. The van der Waals surface area contributed by atoms with Crippen LogP contribution in [0.1, 0.15) is 19.8 Å². The van der Waals surface area contributed by atoms with E-state index in [0.717, 1.165) is 31.7 Å². The predicted molar refractivity (Wildman–Crippen MR) is 83.1 cm³/mol. The first-order valence-corrected chi connectivity index (χ1v) is 7.57. The van der Waals surface area contributed by atoms with E-state index in [1.165, 1.54) is 0 Å². The third-order valence-electron chi connectivity index (χ3n) is 4.11. The zero-order valence-corrected chi connectivity index (χ0v) is 13.1. The van der Waals surface area contributed by atoms with Crippen LogP contribution in [0.4, 0.5) is 5.82 Å². The summed E-state index contributed by atoms with van der Waals surface area (Å²) in [5.74, 6) is 1.11. The van der Waals surface area contributed by atoms with Crippen LogP contribution in [0.3, 0.4) is 0 Å². The number of carbonyl (C=O) groups is 1. The molecule has 1 N–H and O–H groups in total. The number of hydrogen-bond donors (Lipinski definition) is 1. The molecule has 1 fully saturated rings. The summed E-state index contributed by atoms with van der Waals surface area (Å²) < 4.78 is 0. The molecule has 2 heterocycles. The van der Waals surface area contributed by atoms with E-state index < -0.39 is 0 Å². The van der Waals surface area contributed by atoms with Crippen LogP contribution in [-0.2, 0) is 4.79 Å². The van der Waals surface area contributed by atoms with Crippen molar-refractivity contribution in [2.24, 2.45) is 5.92 Å². The summed E-state index contributed by atoms with van der Waals surface area (Å²) in [6, 6.07) is 4.11. The Hall–Kier alpha value is -1.69. The third kappa shape index (κ3) is 3.91. The van der Waals surface area contributed by atoms with Gasteiger partial charge in [-0.3, -0.25) is 4.79 Å². The number of nitrogens with one attached hydrogen (secondary N) is 1. The number of aromatic nitrogens is 2. The Morgan fingerprint density at radius 1 is 1.62 bits per heavy atom. The molecule has 0 saturated carbocycles. The van der Waals surface area contributed by atoms with Crippen LogP contribution in [-0.4, -0.2) is 60.8 Å². The molecule has 0 aliphatic carbocycles. The maximum Gasteiger partial charge on any atom is 0.226 e. The van der Waals surface area contributed by atoms with Gasteiger partial charge in [0.2, 0.25) is 5.91 Å². The first kappa shape index (κ1) is 15.7. The largest absolute Gasteiger partial charge is 0.353 e. The van der Waals surface area contributed by atoms with Gasteiger partial charge in [0.15, 0.2) is 5.82 Å². The number of likely N-dealkylation sites (N-methyl/N-ethyl adjacent to an activating group) is 1. The van der Waals surface area contributed by atoms with Crippen molar-refractivity contribution >= 4 is 11.7 Å². The molecule has 6 heteroatoms. The van der Waals surface area contributed by atoms with Crippen LogP contribution in [0.15, 0.2) is 18.3 Å². The number of hydrogen-bond acceptors (Lipinski definition) is 5. The van der Waals surface area contributed by atoms with E-state index in [2.05, 4.69) is 20.4 Å². The minimum atomic E-state index is 0.00638. The van der Waals surface area contributed by atoms with Gasteiger partial charge < -0.3 is 15.1 Å². The molecule has 2 rings (SSSR count). The number of anilines is 1. The smallest absolute Gasteiger partial charge is 0.226 e. The summed E-state index contributed by atoms with van der Waals surface area (Å²) in [6.07, 6.45) is 3.80. The second-order valence-electron chi connectivity index (χ2n) is 5.73. The molecule has 2 unspecified atom stereocenters. The maximum atomic E-state index is 12.4. The zero-order valence-electron chi connectivity index (χ0n) is 13.1. The Balaban J connectivity index is 1.99. The zero-order chi connectivity index (χ0) is 15.2. The fourth-order valence-corrected chi connectivity index (χ4v) is 2.86. The Bertz CT molecular complexity index is 453. The normalized spacial score (nSPS) is 20.1. The monoisotopic (exact) mass is 291 g/mol. The molecular weight excluding hydrogens is 266 g/mol. The van der Waals surface area contributed by atoms with Crippen LogP contribution in [0.5, 0.6) is 0 Å². The Morgan fingerprint density at radius 2 is 2.43 bits per heavy atom. The Morgan fingerprint density at radius 3 is 3.10 bits per heavy atom. The molecule has 1 aliphatic rings. The highest BCUT2D eigenvalue weighted by atomic mass is 16.2. The number of amides is 1. The van der Waals surface area contributed by atoms with Crippen molar-refractivity contribution in [1.82, 2.24) is 20.4 Å². The van der Waals surface area contributed by atoms with Gasteiger partial charge in [-0.2, -0.15) is 5.10 Å². The summed E-state index contributed by atoms with van der Waals surface area (Å²) in [5.41, 5.74) is 0. The second-order valence-corrected chi connectivity index (χ2v) is 5.73. The van der Waals surface area contributed by atoms with E-state index in [1.54, 1.807) is 6.20 Å². The third-order valence-corrected chi connectivity index (χ3v) is 4.11.